The van der Waals surface area contributed by atoms with Gasteiger partial charge in [0, 0.05) is 11.3 Å². The van der Waals surface area contributed by atoms with E-state index in [0.29, 0.717) is 18.8 Å². The molecule has 1 fully saturated rings. The molecular weight excluding hydrogens is 317 g/mol. The van der Waals surface area contributed by atoms with E-state index in [2.05, 4.69) is 10.1 Å². The Morgan fingerprint density at radius 3 is 2.74 bits per heavy atom. The zero-order valence-corrected chi connectivity index (χ0v) is 13.9. The monoisotopic (exact) mass is 337 g/mol. The third-order valence-electron chi connectivity index (χ3n) is 5.33. The van der Waals surface area contributed by atoms with E-state index in [-0.39, 0.29) is 17.2 Å². The van der Waals surface area contributed by atoms with Crippen LogP contribution in [0.4, 0.5) is 4.39 Å². The van der Waals surface area contributed by atoms with Gasteiger partial charge < -0.3 is 5.11 Å². The maximum Gasteiger partial charge on any atom is 0.137 e. The first kappa shape index (κ1) is 16.4. The highest BCUT2D eigenvalue weighted by molar-refractivity contribution is 6.18. The second-order valence-electron chi connectivity index (χ2n) is 6.78. The highest BCUT2D eigenvalue weighted by Gasteiger charge is 2.56. The zero-order chi connectivity index (χ0) is 16.5. The lowest BCUT2D eigenvalue weighted by Crippen LogP contribution is -2.51. The van der Waals surface area contributed by atoms with Crippen molar-refractivity contribution in [3.05, 3.63) is 48.3 Å². The minimum Gasteiger partial charge on any atom is -0.387 e. The van der Waals surface area contributed by atoms with E-state index in [1.165, 1.54) is 18.5 Å². The standard InChI is InChI=1S/C17H21ClFN3O/c1-16(9-18)7-6-14(8-13-2-4-15(19)5-3-13)17(16,23)10-22-12-20-11-21-22/h2-5,11-12,14,23H,6-10H2,1H3/t14-,16-,17-/m0/s1. The fourth-order valence-electron chi connectivity index (χ4n) is 3.68. The molecular formula is C17H21ClFN3O. The van der Waals surface area contributed by atoms with Crippen LogP contribution in [0, 0.1) is 17.2 Å². The molecule has 1 N–H and O–H groups in total. The summed E-state index contributed by atoms with van der Waals surface area (Å²) in [7, 11) is 0. The Balaban J connectivity index is 1.87. The molecule has 124 valence electrons. The van der Waals surface area contributed by atoms with E-state index in [1.807, 2.05) is 6.92 Å². The van der Waals surface area contributed by atoms with Crippen LogP contribution in [0.15, 0.2) is 36.9 Å². The van der Waals surface area contributed by atoms with E-state index in [9.17, 15) is 9.50 Å². The summed E-state index contributed by atoms with van der Waals surface area (Å²) >= 11 is 6.21. The molecule has 1 aromatic heterocycles. The molecule has 1 heterocycles. The van der Waals surface area contributed by atoms with E-state index in [1.54, 1.807) is 23.1 Å². The average Bonchev–Trinajstić information content (AvgIpc) is 3.12. The van der Waals surface area contributed by atoms with Crippen molar-refractivity contribution in [3.8, 4) is 0 Å². The van der Waals surface area contributed by atoms with Gasteiger partial charge in [-0.3, -0.25) is 4.68 Å². The summed E-state index contributed by atoms with van der Waals surface area (Å²) in [4.78, 5) is 3.95. The van der Waals surface area contributed by atoms with Crippen molar-refractivity contribution in [2.75, 3.05) is 5.88 Å². The summed E-state index contributed by atoms with van der Waals surface area (Å²) < 4.78 is 14.8. The van der Waals surface area contributed by atoms with Crippen LogP contribution in [0.5, 0.6) is 0 Å². The predicted molar refractivity (Wildman–Crippen MR) is 86.6 cm³/mol. The predicted octanol–water partition coefficient (Wildman–Crippen LogP) is 3.05. The topological polar surface area (TPSA) is 50.9 Å². The summed E-state index contributed by atoms with van der Waals surface area (Å²) in [5.74, 6) is 0.183. The lowest BCUT2D eigenvalue weighted by atomic mass is 9.72. The maximum absolute atomic E-state index is 13.1. The highest BCUT2D eigenvalue weighted by Crippen LogP contribution is 2.52. The Bertz CT molecular complexity index is 648. The lowest BCUT2D eigenvalue weighted by Gasteiger charge is -2.42. The number of aliphatic hydroxyl groups is 1. The smallest absolute Gasteiger partial charge is 0.137 e. The largest absolute Gasteiger partial charge is 0.387 e. The van der Waals surface area contributed by atoms with Crippen LogP contribution >= 0.6 is 11.6 Å². The van der Waals surface area contributed by atoms with Crippen molar-refractivity contribution in [1.82, 2.24) is 14.8 Å². The van der Waals surface area contributed by atoms with Crippen molar-refractivity contribution >= 4 is 11.6 Å². The van der Waals surface area contributed by atoms with Gasteiger partial charge in [0.05, 0.1) is 12.1 Å². The molecule has 1 aliphatic rings. The number of aromatic nitrogens is 3. The van der Waals surface area contributed by atoms with Crippen molar-refractivity contribution in [1.29, 1.82) is 0 Å². The summed E-state index contributed by atoms with van der Waals surface area (Å²) in [6.45, 7) is 2.39. The van der Waals surface area contributed by atoms with Gasteiger partial charge >= 0.3 is 0 Å². The third-order valence-corrected chi connectivity index (χ3v) is 5.91. The van der Waals surface area contributed by atoms with Gasteiger partial charge in [0.25, 0.3) is 0 Å². The van der Waals surface area contributed by atoms with Crippen LogP contribution in [0.1, 0.15) is 25.3 Å². The molecule has 3 atom stereocenters. The van der Waals surface area contributed by atoms with Crippen LogP contribution in [-0.4, -0.2) is 31.4 Å². The minimum absolute atomic E-state index is 0.0425. The van der Waals surface area contributed by atoms with Crippen LogP contribution in [0.2, 0.25) is 0 Å². The summed E-state index contributed by atoms with van der Waals surface area (Å²) in [6.07, 6.45) is 5.50. The van der Waals surface area contributed by atoms with Gasteiger partial charge in [-0.1, -0.05) is 19.1 Å². The van der Waals surface area contributed by atoms with Gasteiger partial charge in [-0.2, -0.15) is 5.10 Å². The Morgan fingerprint density at radius 2 is 2.13 bits per heavy atom. The Labute approximate surface area is 140 Å². The van der Waals surface area contributed by atoms with Crippen LogP contribution < -0.4 is 0 Å². The zero-order valence-electron chi connectivity index (χ0n) is 13.1. The Morgan fingerprint density at radius 1 is 1.39 bits per heavy atom. The van der Waals surface area contributed by atoms with Gasteiger partial charge in [-0.05, 0) is 42.9 Å². The van der Waals surface area contributed by atoms with E-state index >= 15 is 0 Å². The molecule has 1 aromatic carbocycles. The number of benzene rings is 1. The number of hydrogen-bond donors (Lipinski definition) is 1. The second-order valence-corrected chi connectivity index (χ2v) is 7.05. The Kier molecular flexibility index (Phi) is 4.43. The molecule has 0 unspecified atom stereocenters. The fourth-order valence-corrected chi connectivity index (χ4v) is 4.05. The van der Waals surface area contributed by atoms with Gasteiger partial charge in [-0.15, -0.1) is 11.6 Å². The van der Waals surface area contributed by atoms with Crippen LogP contribution in [0.3, 0.4) is 0 Å². The van der Waals surface area contributed by atoms with Gasteiger partial charge in [-0.25, -0.2) is 9.37 Å². The molecule has 0 radical (unpaired) electrons. The normalized spacial score (nSPS) is 30.7. The molecule has 2 aromatic rings. The SMILES string of the molecule is C[C@@]1(CCl)CC[C@@H](Cc2ccc(F)cc2)[C@@]1(O)Cn1cncn1. The van der Waals surface area contributed by atoms with E-state index < -0.39 is 5.60 Å². The average molecular weight is 338 g/mol. The number of hydrogen-bond acceptors (Lipinski definition) is 3. The number of rotatable bonds is 5. The molecule has 0 aliphatic heterocycles. The lowest BCUT2D eigenvalue weighted by molar-refractivity contribution is -0.0891. The van der Waals surface area contributed by atoms with Gasteiger partial charge in [0.2, 0.25) is 0 Å². The fraction of sp³-hybridized carbons (Fsp3) is 0.529. The highest BCUT2D eigenvalue weighted by atomic mass is 35.5. The van der Waals surface area contributed by atoms with Crippen LogP contribution in [0.25, 0.3) is 0 Å². The van der Waals surface area contributed by atoms with Crippen LogP contribution in [-0.2, 0) is 13.0 Å². The van der Waals surface area contributed by atoms with Gasteiger partial charge in [0.1, 0.15) is 18.5 Å². The van der Waals surface area contributed by atoms with Crippen molar-refractivity contribution in [3.63, 3.8) is 0 Å². The first-order valence-electron chi connectivity index (χ1n) is 7.82. The number of nitrogens with zero attached hydrogens (tertiary/aromatic N) is 3. The molecule has 4 nitrogen and oxygen atoms in total. The first-order chi connectivity index (χ1) is 11.0. The molecule has 3 rings (SSSR count). The van der Waals surface area contributed by atoms with Crippen molar-refractivity contribution in [2.45, 2.75) is 38.3 Å². The summed E-state index contributed by atoms with van der Waals surface area (Å²) in [5.41, 5.74) is -0.338. The van der Waals surface area contributed by atoms with Crippen molar-refractivity contribution in [2.24, 2.45) is 11.3 Å². The van der Waals surface area contributed by atoms with E-state index in [0.717, 1.165) is 18.4 Å². The molecule has 0 amide bonds. The third kappa shape index (κ3) is 3.00. The molecule has 6 heteroatoms. The van der Waals surface area contributed by atoms with E-state index in [4.69, 9.17) is 11.6 Å². The molecule has 0 bridgehead atoms. The molecule has 0 saturated heterocycles. The van der Waals surface area contributed by atoms with Crippen molar-refractivity contribution < 1.29 is 9.50 Å². The molecule has 23 heavy (non-hydrogen) atoms. The minimum atomic E-state index is -0.975. The first-order valence-corrected chi connectivity index (χ1v) is 8.35. The number of halogens is 2. The molecule has 1 saturated carbocycles. The maximum atomic E-state index is 13.1. The summed E-state index contributed by atoms with van der Waals surface area (Å²) in [6, 6.07) is 6.48. The molecule has 0 spiro atoms. The van der Waals surface area contributed by atoms with Gasteiger partial charge in [0.15, 0.2) is 0 Å². The second kappa shape index (κ2) is 6.21. The molecule has 1 aliphatic carbocycles. The number of alkyl halides is 1. The summed E-state index contributed by atoms with van der Waals surface area (Å²) in [5, 5.41) is 15.6. The quantitative estimate of drug-likeness (QED) is 0.853. The Hall–Kier alpha value is -1.46.